The molecular weight excluding hydrogens is 270 g/mol. The molecule has 1 heterocycles. The second-order valence-corrected chi connectivity index (χ2v) is 4.84. The van der Waals surface area contributed by atoms with Crippen molar-refractivity contribution in [3.05, 3.63) is 16.9 Å². The second kappa shape index (κ2) is 6.15. The highest BCUT2D eigenvalue weighted by Gasteiger charge is 2.14. The molecule has 1 saturated carbocycles. The Kier molecular flexibility index (Phi) is 4.54. The maximum absolute atomic E-state index is 5.72. The summed E-state index contributed by atoms with van der Waals surface area (Å²) in [6.07, 6.45) is 9.00. The SMILES string of the molecule is Brc1cnc(NCCOC2CCCC2)nc1. The molecule has 0 amide bonds. The largest absolute Gasteiger partial charge is 0.376 e. The van der Waals surface area contributed by atoms with Crippen LogP contribution in [0.15, 0.2) is 16.9 Å². The summed E-state index contributed by atoms with van der Waals surface area (Å²) in [5.41, 5.74) is 0. The highest BCUT2D eigenvalue weighted by Crippen LogP contribution is 2.20. The molecule has 1 aliphatic carbocycles. The minimum atomic E-state index is 0.479. The molecule has 1 aliphatic rings. The predicted octanol–water partition coefficient (Wildman–Crippen LogP) is 2.61. The lowest BCUT2D eigenvalue weighted by molar-refractivity contribution is 0.0658. The summed E-state index contributed by atoms with van der Waals surface area (Å²) in [5.74, 6) is 0.651. The number of hydrogen-bond donors (Lipinski definition) is 1. The fourth-order valence-electron chi connectivity index (χ4n) is 1.85. The average molecular weight is 286 g/mol. The van der Waals surface area contributed by atoms with Crippen LogP contribution >= 0.6 is 15.9 Å². The first-order chi connectivity index (χ1) is 7.84. The van der Waals surface area contributed by atoms with Gasteiger partial charge in [-0.1, -0.05) is 12.8 Å². The van der Waals surface area contributed by atoms with Crippen LogP contribution in [0.4, 0.5) is 5.95 Å². The number of rotatable bonds is 5. The number of halogens is 1. The van der Waals surface area contributed by atoms with Crippen molar-refractivity contribution in [2.45, 2.75) is 31.8 Å². The van der Waals surface area contributed by atoms with E-state index in [4.69, 9.17) is 4.74 Å². The molecule has 16 heavy (non-hydrogen) atoms. The van der Waals surface area contributed by atoms with Gasteiger partial charge in [-0.25, -0.2) is 9.97 Å². The Morgan fingerprint density at radius 3 is 2.69 bits per heavy atom. The van der Waals surface area contributed by atoms with Gasteiger partial charge in [0.1, 0.15) is 0 Å². The molecule has 2 rings (SSSR count). The summed E-state index contributed by atoms with van der Waals surface area (Å²) < 4.78 is 6.61. The molecular formula is C11H16BrN3O. The third-order valence-electron chi connectivity index (χ3n) is 2.66. The van der Waals surface area contributed by atoms with Gasteiger partial charge in [0.25, 0.3) is 0 Å². The van der Waals surface area contributed by atoms with Gasteiger partial charge in [-0.3, -0.25) is 0 Å². The van der Waals surface area contributed by atoms with E-state index in [1.54, 1.807) is 12.4 Å². The van der Waals surface area contributed by atoms with Crippen LogP contribution in [0.5, 0.6) is 0 Å². The monoisotopic (exact) mass is 285 g/mol. The van der Waals surface area contributed by atoms with Crippen LogP contribution in [0.2, 0.25) is 0 Å². The van der Waals surface area contributed by atoms with E-state index in [0.717, 1.165) is 17.6 Å². The molecule has 1 fully saturated rings. The summed E-state index contributed by atoms with van der Waals surface area (Å²) in [6, 6.07) is 0. The molecule has 0 bridgehead atoms. The Balaban J connectivity index is 1.62. The summed E-state index contributed by atoms with van der Waals surface area (Å²) >= 11 is 3.29. The lowest BCUT2D eigenvalue weighted by atomic mass is 10.3. The van der Waals surface area contributed by atoms with Gasteiger partial charge in [0, 0.05) is 18.9 Å². The zero-order chi connectivity index (χ0) is 11.2. The van der Waals surface area contributed by atoms with Gasteiger partial charge in [-0.15, -0.1) is 0 Å². The standard InChI is InChI=1S/C11H16BrN3O/c12-9-7-14-11(15-8-9)13-5-6-16-10-3-1-2-4-10/h7-8,10H,1-6H2,(H,13,14,15). The summed E-state index contributed by atoms with van der Waals surface area (Å²) in [6.45, 7) is 1.49. The molecule has 4 nitrogen and oxygen atoms in total. The smallest absolute Gasteiger partial charge is 0.222 e. The van der Waals surface area contributed by atoms with E-state index in [2.05, 4.69) is 31.2 Å². The molecule has 0 radical (unpaired) electrons. The number of nitrogens with one attached hydrogen (secondary N) is 1. The Bertz CT molecular complexity index is 312. The molecule has 0 unspecified atom stereocenters. The number of hydrogen-bond acceptors (Lipinski definition) is 4. The molecule has 0 spiro atoms. The molecule has 1 N–H and O–H groups in total. The zero-order valence-electron chi connectivity index (χ0n) is 9.16. The van der Waals surface area contributed by atoms with Crippen molar-refractivity contribution in [3.8, 4) is 0 Å². The van der Waals surface area contributed by atoms with Crippen molar-refractivity contribution in [2.75, 3.05) is 18.5 Å². The van der Waals surface area contributed by atoms with Gasteiger partial charge in [0.15, 0.2) is 0 Å². The maximum atomic E-state index is 5.72. The second-order valence-electron chi connectivity index (χ2n) is 3.93. The van der Waals surface area contributed by atoms with E-state index < -0.39 is 0 Å². The third-order valence-corrected chi connectivity index (χ3v) is 3.07. The van der Waals surface area contributed by atoms with Crippen molar-refractivity contribution in [2.24, 2.45) is 0 Å². The highest BCUT2D eigenvalue weighted by atomic mass is 79.9. The number of anilines is 1. The van der Waals surface area contributed by atoms with E-state index in [1.807, 2.05) is 0 Å². The summed E-state index contributed by atoms with van der Waals surface area (Å²) in [4.78, 5) is 8.25. The fraction of sp³-hybridized carbons (Fsp3) is 0.636. The molecule has 0 aliphatic heterocycles. The lowest BCUT2D eigenvalue weighted by Gasteiger charge is -2.11. The van der Waals surface area contributed by atoms with Crippen LogP contribution in [-0.4, -0.2) is 29.2 Å². The molecule has 5 heteroatoms. The van der Waals surface area contributed by atoms with Gasteiger partial charge >= 0.3 is 0 Å². The van der Waals surface area contributed by atoms with Crippen LogP contribution in [0.3, 0.4) is 0 Å². The van der Waals surface area contributed by atoms with Crippen LogP contribution in [0, 0.1) is 0 Å². The van der Waals surface area contributed by atoms with Crippen LogP contribution in [0.1, 0.15) is 25.7 Å². The van der Waals surface area contributed by atoms with Crippen molar-refractivity contribution >= 4 is 21.9 Å². The van der Waals surface area contributed by atoms with Gasteiger partial charge in [0.2, 0.25) is 5.95 Å². The van der Waals surface area contributed by atoms with Gasteiger partial charge in [-0.2, -0.15) is 0 Å². The molecule has 0 saturated heterocycles. The lowest BCUT2D eigenvalue weighted by Crippen LogP contribution is -2.16. The van der Waals surface area contributed by atoms with Crippen LogP contribution in [0.25, 0.3) is 0 Å². The minimum Gasteiger partial charge on any atom is -0.376 e. The third kappa shape index (κ3) is 3.72. The van der Waals surface area contributed by atoms with Crippen LogP contribution in [-0.2, 0) is 4.74 Å². The van der Waals surface area contributed by atoms with E-state index in [-0.39, 0.29) is 0 Å². The number of aromatic nitrogens is 2. The van der Waals surface area contributed by atoms with E-state index in [0.29, 0.717) is 12.1 Å². The van der Waals surface area contributed by atoms with E-state index in [1.165, 1.54) is 25.7 Å². The van der Waals surface area contributed by atoms with Crippen LogP contribution < -0.4 is 5.32 Å². The average Bonchev–Trinajstić information content (AvgIpc) is 2.80. The molecule has 0 atom stereocenters. The molecule has 1 aromatic heterocycles. The van der Waals surface area contributed by atoms with Crippen molar-refractivity contribution in [1.29, 1.82) is 0 Å². The zero-order valence-corrected chi connectivity index (χ0v) is 10.7. The Morgan fingerprint density at radius 2 is 2.00 bits per heavy atom. The van der Waals surface area contributed by atoms with Gasteiger partial charge in [0.05, 0.1) is 17.2 Å². The Hall–Kier alpha value is -0.680. The minimum absolute atomic E-state index is 0.479. The highest BCUT2D eigenvalue weighted by molar-refractivity contribution is 9.10. The Labute approximate surface area is 104 Å². The van der Waals surface area contributed by atoms with Gasteiger partial charge < -0.3 is 10.1 Å². The predicted molar refractivity (Wildman–Crippen MR) is 66.4 cm³/mol. The first kappa shape index (κ1) is 11.8. The summed E-state index contributed by atoms with van der Waals surface area (Å²) in [5, 5.41) is 3.13. The van der Waals surface area contributed by atoms with E-state index in [9.17, 15) is 0 Å². The first-order valence-electron chi connectivity index (χ1n) is 5.67. The first-order valence-corrected chi connectivity index (χ1v) is 6.47. The van der Waals surface area contributed by atoms with Crippen molar-refractivity contribution in [1.82, 2.24) is 9.97 Å². The normalized spacial score (nSPS) is 16.6. The summed E-state index contributed by atoms with van der Waals surface area (Å²) in [7, 11) is 0. The maximum Gasteiger partial charge on any atom is 0.222 e. The quantitative estimate of drug-likeness (QED) is 0.845. The molecule has 1 aromatic rings. The number of ether oxygens (including phenoxy) is 1. The van der Waals surface area contributed by atoms with Gasteiger partial charge in [-0.05, 0) is 28.8 Å². The molecule has 88 valence electrons. The Morgan fingerprint density at radius 1 is 1.31 bits per heavy atom. The van der Waals surface area contributed by atoms with Crippen molar-refractivity contribution in [3.63, 3.8) is 0 Å². The molecule has 0 aromatic carbocycles. The van der Waals surface area contributed by atoms with Crippen molar-refractivity contribution < 1.29 is 4.74 Å². The van der Waals surface area contributed by atoms with E-state index >= 15 is 0 Å². The topological polar surface area (TPSA) is 47.0 Å². The fourth-order valence-corrected chi connectivity index (χ4v) is 2.05. The number of nitrogens with zero attached hydrogens (tertiary/aromatic N) is 2.